The van der Waals surface area contributed by atoms with E-state index in [1.54, 1.807) is 0 Å². The van der Waals surface area contributed by atoms with E-state index in [-0.39, 0.29) is 0 Å². The first-order valence-electron chi connectivity index (χ1n) is 6.48. The summed E-state index contributed by atoms with van der Waals surface area (Å²) in [6, 6.07) is 8.71. The summed E-state index contributed by atoms with van der Waals surface area (Å²) in [6.45, 7) is 7.34. The van der Waals surface area contributed by atoms with Crippen molar-refractivity contribution >= 4 is 0 Å². The molecular formula is C15H21N3. The molecular weight excluding hydrogens is 222 g/mol. The Labute approximate surface area is 109 Å². The number of rotatable bonds is 6. The average Bonchev–Trinajstić information content (AvgIpc) is 2.82. The number of hydrogen-bond donors (Lipinski definition) is 1. The van der Waals surface area contributed by atoms with Crippen molar-refractivity contribution in [3.63, 3.8) is 0 Å². The second-order valence-corrected chi connectivity index (χ2v) is 5.08. The van der Waals surface area contributed by atoms with Gasteiger partial charge in [-0.05, 0) is 23.6 Å². The third-order valence-corrected chi connectivity index (χ3v) is 2.80. The van der Waals surface area contributed by atoms with Crippen LogP contribution in [-0.4, -0.2) is 16.1 Å². The first kappa shape index (κ1) is 12.8. The minimum absolute atomic E-state index is 0.694. The van der Waals surface area contributed by atoms with Crippen LogP contribution in [0.15, 0.2) is 43.0 Å². The van der Waals surface area contributed by atoms with E-state index in [1.165, 1.54) is 11.1 Å². The lowest BCUT2D eigenvalue weighted by atomic mass is 10.1. The minimum Gasteiger partial charge on any atom is -0.333 e. The van der Waals surface area contributed by atoms with Crippen molar-refractivity contribution in [1.29, 1.82) is 0 Å². The van der Waals surface area contributed by atoms with Gasteiger partial charge in [0.15, 0.2) is 0 Å². The Morgan fingerprint density at radius 1 is 1.28 bits per heavy atom. The van der Waals surface area contributed by atoms with Crippen LogP contribution in [0.1, 0.15) is 25.0 Å². The molecule has 0 bridgehead atoms. The van der Waals surface area contributed by atoms with Crippen LogP contribution in [0.5, 0.6) is 0 Å². The van der Waals surface area contributed by atoms with Crippen molar-refractivity contribution in [3.8, 4) is 0 Å². The Bertz CT molecular complexity index is 460. The maximum absolute atomic E-state index is 4.06. The zero-order valence-corrected chi connectivity index (χ0v) is 11.1. The van der Waals surface area contributed by atoms with E-state index in [2.05, 4.69) is 53.0 Å². The van der Waals surface area contributed by atoms with Crippen LogP contribution in [0.4, 0.5) is 0 Å². The molecule has 1 aromatic heterocycles. The molecule has 3 heteroatoms. The van der Waals surface area contributed by atoms with Crippen LogP contribution in [0.25, 0.3) is 0 Å². The SMILES string of the molecule is CC(C)CNCc1cccc(Cn2ccnc2)c1. The molecule has 0 aliphatic heterocycles. The fourth-order valence-corrected chi connectivity index (χ4v) is 1.93. The normalized spacial score (nSPS) is 11.1. The van der Waals surface area contributed by atoms with Gasteiger partial charge in [0.1, 0.15) is 0 Å². The molecule has 2 aromatic rings. The van der Waals surface area contributed by atoms with Crippen LogP contribution < -0.4 is 5.32 Å². The lowest BCUT2D eigenvalue weighted by molar-refractivity contribution is 0.552. The average molecular weight is 243 g/mol. The van der Waals surface area contributed by atoms with Crippen molar-refractivity contribution < 1.29 is 0 Å². The fourth-order valence-electron chi connectivity index (χ4n) is 1.93. The number of hydrogen-bond acceptors (Lipinski definition) is 2. The molecule has 0 aliphatic carbocycles. The summed E-state index contributed by atoms with van der Waals surface area (Å²) in [6.07, 6.45) is 5.65. The van der Waals surface area contributed by atoms with E-state index in [4.69, 9.17) is 0 Å². The minimum atomic E-state index is 0.694. The van der Waals surface area contributed by atoms with Gasteiger partial charge in [-0.25, -0.2) is 4.98 Å². The number of nitrogens with one attached hydrogen (secondary N) is 1. The van der Waals surface area contributed by atoms with E-state index in [1.807, 2.05) is 18.7 Å². The van der Waals surface area contributed by atoms with Crippen LogP contribution in [-0.2, 0) is 13.1 Å². The van der Waals surface area contributed by atoms with Crippen LogP contribution in [0.2, 0.25) is 0 Å². The zero-order chi connectivity index (χ0) is 12.8. The molecule has 1 heterocycles. The second kappa shape index (κ2) is 6.36. The molecule has 18 heavy (non-hydrogen) atoms. The molecule has 0 aliphatic rings. The van der Waals surface area contributed by atoms with Gasteiger partial charge in [-0.1, -0.05) is 38.1 Å². The van der Waals surface area contributed by atoms with E-state index in [9.17, 15) is 0 Å². The highest BCUT2D eigenvalue weighted by Gasteiger charge is 1.98. The Morgan fingerprint density at radius 2 is 2.11 bits per heavy atom. The Balaban J connectivity index is 1.92. The zero-order valence-electron chi connectivity index (χ0n) is 11.1. The van der Waals surface area contributed by atoms with E-state index in [0.717, 1.165) is 19.6 Å². The van der Waals surface area contributed by atoms with Gasteiger partial charge in [0, 0.05) is 25.5 Å². The summed E-state index contributed by atoms with van der Waals surface area (Å²) >= 11 is 0. The monoisotopic (exact) mass is 243 g/mol. The smallest absolute Gasteiger partial charge is 0.0949 e. The largest absolute Gasteiger partial charge is 0.333 e. The van der Waals surface area contributed by atoms with E-state index >= 15 is 0 Å². The maximum Gasteiger partial charge on any atom is 0.0949 e. The summed E-state index contributed by atoms with van der Waals surface area (Å²) in [5.41, 5.74) is 2.66. The van der Waals surface area contributed by atoms with Gasteiger partial charge >= 0.3 is 0 Å². The molecule has 2 rings (SSSR count). The lowest BCUT2D eigenvalue weighted by Gasteiger charge is -2.09. The quantitative estimate of drug-likeness (QED) is 0.845. The third kappa shape index (κ3) is 4.00. The number of nitrogens with zero attached hydrogens (tertiary/aromatic N) is 2. The van der Waals surface area contributed by atoms with Gasteiger partial charge < -0.3 is 9.88 Å². The summed E-state index contributed by atoms with van der Waals surface area (Å²) in [7, 11) is 0. The highest BCUT2D eigenvalue weighted by atomic mass is 15.0. The summed E-state index contributed by atoms with van der Waals surface area (Å²) in [5, 5.41) is 3.47. The van der Waals surface area contributed by atoms with Crippen molar-refractivity contribution in [2.24, 2.45) is 5.92 Å². The molecule has 1 N–H and O–H groups in total. The summed E-state index contributed by atoms with van der Waals surface area (Å²) in [4.78, 5) is 4.06. The van der Waals surface area contributed by atoms with Gasteiger partial charge in [0.25, 0.3) is 0 Å². The highest BCUT2D eigenvalue weighted by molar-refractivity contribution is 5.23. The molecule has 0 atom stereocenters. The topological polar surface area (TPSA) is 29.9 Å². The molecule has 0 fully saturated rings. The molecule has 0 unspecified atom stereocenters. The molecule has 0 radical (unpaired) electrons. The second-order valence-electron chi connectivity index (χ2n) is 5.08. The molecule has 0 saturated carbocycles. The van der Waals surface area contributed by atoms with Gasteiger partial charge in [-0.2, -0.15) is 0 Å². The molecule has 0 spiro atoms. The van der Waals surface area contributed by atoms with Crippen molar-refractivity contribution in [2.45, 2.75) is 26.9 Å². The predicted octanol–water partition coefficient (Wildman–Crippen LogP) is 2.68. The number of benzene rings is 1. The Kier molecular flexibility index (Phi) is 4.53. The van der Waals surface area contributed by atoms with Crippen LogP contribution in [0, 0.1) is 5.92 Å². The van der Waals surface area contributed by atoms with Crippen LogP contribution >= 0.6 is 0 Å². The predicted molar refractivity (Wildman–Crippen MR) is 74.3 cm³/mol. The first-order chi connectivity index (χ1) is 8.74. The van der Waals surface area contributed by atoms with E-state index < -0.39 is 0 Å². The number of imidazole rings is 1. The fraction of sp³-hybridized carbons (Fsp3) is 0.400. The molecule has 0 saturated heterocycles. The summed E-state index contributed by atoms with van der Waals surface area (Å²) < 4.78 is 2.08. The maximum atomic E-state index is 4.06. The first-order valence-corrected chi connectivity index (χ1v) is 6.48. The van der Waals surface area contributed by atoms with Crippen molar-refractivity contribution in [3.05, 3.63) is 54.1 Å². The molecule has 1 aromatic carbocycles. The van der Waals surface area contributed by atoms with E-state index in [0.29, 0.717) is 5.92 Å². The highest BCUT2D eigenvalue weighted by Crippen LogP contribution is 2.07. The Hall–Kier alpha value is -1.61. The molecule has 96 valence electrons. The standard InChI is InChI=1S/C15H21N3/c1-13(2)9-17-10-14-4-3-5-15(8-14)11-18-7-6-16-12-18/h3-8,12-13,17H,9-11H2,1-2H3. The van der Waals surface area contributed by atoms with Gasteiger partial charge in [0.2, 0.25) is 0 Å². The molecule has 0 amide bonds. The summed E-state index contributed by atoms with van der Waals surface area (Å²) in [5.74, 6) is 0.694. The van der Waals surface area contributed by atoms with Gasteiger partial charge in [0.05, 0.1) is 6.33 Å². The van der Waals surface area contributed by atoms with Gasteiger partial charge in [-0.3, -0.25) is 0 Å². The number of aromatic nitrogens is 2. The van der Waals surface area contributed by atoms with Crippen molar-refractivity contribution in [1.82, 2.24) is 14.9 Å². The molecule has 3 nitrogen and oxygen atoms in total. The third-order valence-electron chi connectivity index (χ3n) is 2.80. The Morgan fingerprint density at radius 3 is 2.83 bits per heavy atom. The van der Waals surface area contributed by atoms with Crippen molar-refractivity contribution in [2.75, 3.05) is 6.54 Å². The van der Waals surface area contributed by atoms with Crippen LogP contribution in [0.3, 0.4) is 0 Å². The van der Waals surface area contributed by atoms with Gasteiger partial charge in [-0.15, -0.1) is 0 Å². The lowest BCUT2D eigenvalue weighted by Crippen LogP contribution is -2.19.